The standard InChI is InChI=1S/C20H37N5O5/c1-20(2,3)16-29-12-13-30-19(28)25(14-17(26)23-8-4-21-5-9-23)15-18(27)24-10-6-22-7-11-24/h21-22H,4-16H2,1-3H3. The molecule has 2 aliphatic heterocycles. The molecule has 0 atom stereocenters. The Bertz CT molecular complexity index is 536. The average Bonchev–Trinajstić information content (AvgIpc) is 2.73. The van der Waals surface area contributed by atoms with Gasteiger partial charge in [0.15, 0.2) is 0 Å². The van der Waals surface area contributed by atoms with E-state index in [-0.39, 0.29) is 43.5 Å². The van der Waals surface area contributed by atoms with Crippen LogP contribution in [0.25, 0.3) is 0 Å². The molecule has 2 N–H and O–H groups in total. The lowest BCUT2D eigenvalue weighted by Crippen LogP contribution is -2.53. The van der Waals surface area contributed by atoms with Crippen molar-refractivity contribution in [2.75, 3.05) is 85.3 Å². The molecule has 2 fully saturated rings. The highest BCUT2D eigenvalue weighted by atomic mass is 16.6. The van der Waals surface area contributed by atoms with Crippen LogP contribution in [0.4, 0.5) is 4.79 Å². The maximum Gasteiger partial charge on any atom is 0.410 e. The molecule has 0 radical (unpaired) electrons. The summed E-state index contributed by atoms with van der Waals surface area (Å²) in [6.45, 7) is 12.0. The van der Waals surface area contributed by atoms with Crippen molar-refractivity contribution in [2.45, 2.75) is 20.8 Å². The Morgan fingerprint density at radius 2 is 1.30 bits per heavy atom. The van der Waals surface area contributed by atoms with Crippen LogP contribution in [0.15, 0.2) is 0 Å². The summed E-state index contributed by atoms with van der Waals surface area (Å²) in [5, 5.41) is 6.38. The van der Waals surface area contributed by atoms with Crippen LogP contribution in [0.1, 0.15) is 20.8 Å². The molecule has 2 rings (SSSR count). The van der Waals surface area contributed by atoms with E-state index in [1.165, 1.54) is 4.90 Å². The lowest BCUT2D eigenvalue weighted by Gasteiger charge is -2.32. The molecule has 0 aromatic heterocycles. The summed E-state index contributed by atoms with van der Waals surface area (Å²) in [4.78, 5) is 42.5. The maximum absolute atomic E-state index is 12.6. The van der Waals surface area contributed by atoms with Gasteiger partial charge in [-0.1, -0.05) is 20.8 Å². The lowest BCUT2D eigenvalue weighted by molar-refractivity contribution is -0.135. The predicted molar refractivity (Wildman–Crippen MR) is 112 cm³/mol. The van der Waals surface area contributed by atoms with Crippen molar-refractivity contribution >= 4 is 17.9 Å². The Kier molecular flexibility index (Phi) is 9.80. The summed E-state index contributed by atoms with van der Waals surface area (Å²) in [5.74, 6) is -0.351. The Morgan fingerprint density at radius 1 is 0.833 bits per heavy atom. The number of carbonyl (C=O) groups excluding carboxylic acids is 3. The van der Waals surface area contributed by atoms with E-state index in [2.05, 4.69) is 31.4 Å². The topological polar surface area (TPSA) is 103 Å². The normalized spacial score (nSPS) is 17.6. The third-order valence-electron chi connectivity index (χ3n) is 4.84. The van der Waals surface area contributed by atoms with Gasteiger partial charge in [0, 0.05) is 52.4 Å². The third-order valence-corrected chi connectivity index (χ3v) is 4.84. The van der Waals surface area contributed by atoms with Gasteiger partial charge in [-0.25, -0.2) is 4.79 Å². The fourth-order valence-corrected chi connectivity index (χ4v) is 3.20. The average molecular weight is 428 g/mol. The zero-order valence-electron chi connectivity index (χ0n) is 18.6. The molecule has 3 amide bonds. The first kappa shape index (κ1) is 24.4. The second-order valence-corrected chi connectivity index (χ2v) is 8.85. The van der Waals surface area contributed by atoms with Gasteiger partial charge >= 0.3 is 6.09 Å². The molecular formula is C20H37N5O5. The van der Waals surface area contributed by atoms with E-state index in [0.29, 0.717) is 32.8 Å². The van der Waals surface area contributed by atoms with E-state index in [1.54, 1.807) is 9.80 Å². The van der Waals surface area contributed by atoms with E-state index in [4.69, 9.17) is 9.47 Å². The van der Waals surface area contributed by atoms with Crippen LogP contribution in [0.3, 0.4) is 0 Å². The molecule has 0 unspecified atom stereocenters. The SMILES string of the molecule is CC(C)(C)COCCOC(=O)N(CC(=O)N1CCNCC1)CC(=O)N1CCNCC1. The lowest BCUT2D eigenvalue weighted by atomic mass is 9.99. The highest BCUT2D eigenvalue weighted by Gasteiger charge is 2.27. The van der Waals surface area contributed by atoms with Gasteiger partial charge < -0.3 is 29.9 Å². The summed E-state index contributed by atoms with van der Waals surface area (Å²) in [6, 6.07) is 0. The molecule has 0 saturated carbocycles. The van der Waals surface area contributed by atoms with Gasteiger partial charge in [-0.3, -0.25) is 14.5 Å². The van der Waals surface area contributed by atoms with Crippen molar-refractivity contribution in [3.8, 4) is 0 Å². The number of rotatable bonds is 8. The number of carbonyl (C=O) groups is 3. The summed E-state index contributed by atoms with van der Waals surface area (Å²) in [5.41, 5.74) is 0.0292. The smallest absolute Gasteiger partial charge is 0.410 e. The van der Waals surface area contributed by atoms with Gasteiger partial charge in [-0.15, -0.1) is 0 Å². The molecule has 172 valence electrons. The number of ether oxygens (including phenoxy) is 2. The third kappa shape index (κ3) is 8.85. The highest BCUT2D eigenvalue weighted by Crippen LogP contribution is 2.12. The molecule has 30 heavy (non-hydrogen) atoms. The van der Waals surface area contributed by atoms with Gasteiger partial charge in [-0.2, -0.15) is 0 Å². The molecule has 0 aliphatic carbocycles. The molecule has 2 heterocycles. The Labute approximate surface area is 179 Å². The molecule has 0 spiro atoms. The molecule has 10 nitrogen and oxygen atoms in total. The van der Waals surface area contributed by atoms with Crippen molar-refractivity contribution < 1.29 is 23.9 Å². The largest absolute Gasteiger partial charge is 0.447 e. The molecule has 0 bridgehead atoms. The number of hydrogen-bond donors (Lipinski definition) is 2. The van der Waals surface area contributed by atoms with E-state index in [0.717, 1.165) is 26.2 Å². The van der Waals surface area contributed by atoms with Crippen molar-refractivity contribution in [3.63, 3.8) is 0 Å². The van der Waals surface area contributed by atoms with Gasteiger partial charge in [-0.05, 0) is 5.41 Å². The second-order valence-electron chi connectivity index (χ2n) is 8.85. The van der Waals surface area contributed by atoms with Crippen molar-refractivity contribution in [2.24, 2.45) is 5.41 Å². The number of nitrogens with zero attached hydrogens (tertiary/aromatic N) is 3. The molecule has 0 aromatic carbocycles. The summed E-state index contributed by atoms with van der Waals surface area (Å²) in [6.07, 6.45) is -0.665. The first-order chi connectivity index (χ1) is 14.3. The van der Waals surface area contributed by atoms with E-state index in [9.17, 15) is 14.4 Å². The van der Waals surface area contributed by atoms with Crippen LogP contribution in [0.5, 0.6) is 0 Å². The fraction of sp³-hybridized carbons (Fsp3) is 0.850. The van der Waals surface area contributed by atoms with E-state index in [1.807, 2.05) is 0 Å². The van der Waals surface area contributed by atoms with Crippen LogP contribution < -0.4 is 10.6 Å². The summed E-state index contributed by atoms with van der Waals surface area (Å²) >= 11 is 0. The first-order valence-electron chi connectivity index (χ1n) is 10.7. The predicted octanol–water partition coefficient (Wildman–Crippen LogP) is -0.649. The van der Waals surface area contributed by atoms with Crippen molar-refractivity contribution in [1.29, 1.82) is 0 Å². The minimum atomic E-state index is -0.665. The summed E-state index contributed by atoms with van der Waals surface area (Å²) in [7, 11) is 0. The van der Waals surface area contributed by atoms with Crippen LogP contribution in [-0.2, 0) is 19.1 Å². The first-order valence-corrected chi connectivity index (χ1v) is 10.7. The van der Waals surface area contributed by atoms with Gasteiger partial charge in [0.25, 0.3) is 0 Å². The number of nitrogens with one attached hydrogen (secondary N) is 2. The van der Waals surface area contributed by atoms with Crippen LogP contribution in [0, 0.1) is 5.41 Å². The van der Waals surface area contributed by atoms with Crippen molar-refractivity contribution in [1.82, 2.24) is 25.3 Å². The Balaban J connectivity index is 1.88. The Morgan fingerprint density at radius 3 is 1.73 bits per heavy atom. The molecule has 2 aliphatic rings. The molecule has 0 aromatic rings. The summed E-state index contributed by atoms with van der Waals surface area (Å²) < 4.78 is 10.8. The molecule has 10 heteroatoms. The highest BCUT2D eigenvalue weighted by molar-refractivity contribution is 5.87. The van der Waals surface area contributed by atoms with Gasteiger partial charge in [0.1, 0.15) is 19.7 Å². The zero-order valence-corrected chi connectivity index (χ0v) is 18.6. The minimum absolute atomic E-state index is 0.0292. The van der Waals surface area contributed by atoms with Gasteiger partial charge in [0.05, 0.1) is 13.2 Å². The van der Waals surface area contributed by atoms with E-state index >= 15 is 0 Å². The number of piperazine rings is 2. The quantitative estimate of drug-likeness (QED) is 0.496. The minimum Gasteiger partial charge on any atom is -0.447 e. The molecule has 2 saturated heterocycles. The number of hydrogen-bond acceptors (Lipinski definition) is 7. The Hall–Kier alpha value is -1.91. The van der Waals surface area contributed by atoms with E-state index < -0.39 is 6.09 Å². The monoisotopic (exact) mass is 427 g/mol. The second kappa shape index (κ2) is 12.1. The molecular weight excluding hydrogens is 390 g/mol. The maximum atomic E-state index is 12.6. The van der Waals surface area contributed by atoms with Crippen molar-refractivity contribution in [3.05, 3.63) is 0 Å². The van der Waals surface area contributed by atoms with Crippen LogP contribution in [-0.4, -0.2) is 118 Å². The number of amides is 3. The fourth-order valence-electron chi connectivity index (χ4n) is 3.20. The van der Waals surface area contributed by atoms with Gasteiger partial charge in [0.2, 0.25) is 11.8 Å². The van der Waals surface area contributed by atoms with Crippen LogP contribution in [0.2, 0.25) is 0 Å². The zero-order chi connectivity index (χ0) is 22.0. The van der Waals surface area contributed by atoms with Crippen LogP contribution >= 0.6 is 0 Å².